The van der Waals surface area contributed by atoms with Gasteiger partial charge in [0.05, 0.1) is 0 Å². The normalized spacial score (nSPS) is 10.5. The monoisotopic (exact) mass is 243 g/mol. The van der Waals surface area contributed by atoms with Crippen LogP contribution in [0.1, 0.15) is 0 Å². The van der Waals surface area contributed by atoms with Crippen LogP contribution in [0.25, 0.3) is 11.9 Å². The zero-order valence-electron chi connectivity index (χ0n) is 9.17. The molecule has 0 saturated carbocycles. The predicted octanol–water partition coefficient (Wildman–Crippen LogP) is -0.471. The van der Waals surface area contributed by atoms with Crippen LogP contribution in [0.15, 0.2) is 36.9 Å². The molecule has 0 radical (unpaired) electrons. The van der Waals surface area contributed by atoms with Crippen molar-refractivity contribution in [3.05, 3.63) is 36.9 Å². The lowest BCUT2D eigenvalue weighted by Crippen LogP contribution is -2.16. The smallest absolute Gasteiger partial charge is 0.257 e. The molecule has 3 heterocycles. The zero-order chi connectivity index (χ0) is 12.4. The molecule has 9 nitrogen and oxygen atoms in total. The third-order valence-electron chi connectivity index (χ3n) is 2.16. The molecule has 0 aromatic carbocycles. The van der Waals surface area contributed by atoms with Crippen LogP contribution in [0.5, 0.6) is 0 Å². The molecule has 0 amide bonds. The second kappa shape index (κ2) is 4.22. The van der Waals surface area contributed by atoms with Gasteiger partial charge in [-0.05, 0) is 12.1 Å². The minimum Gasteiger partial charge on any atom is -0.292 e. The van der Waals surface area contributed by atoms with Crippen LogP contribution >= 0.6 is 0 Å². The average molecular weight is 243 g/mol. The molecule has 90 valence electrons. The Balaban J connectivity index is 2.13. The van der Waals surface area contributed by atoms with Crippen molar-refractivity contribution in [2.45, 2.75) is 0 Å². The van der Waals surface area contributed by atoms with Gasteiger partial charge in [0.2, 0.25) is 5.95 Å². The molecule has 3 aromatic rings. The molecule has 3 aromatic heterocycles. The number of hydrogen-bond acceptors (Lipinski definition) is 7. The van der Waals surface area contributed by atoms with Crippen molar-refractivity contribution in [2.24, 2.45) is 5.84 Å². The predicted molar refractivity (Wildman–Crippen MR) is 61.9 cm³/mol. The van der Waals surface area contributed by atoms with E-state index < -0.39 is 0 Å². The number of nitrogens with one attached hydrogen (secondary N) is 1. The Morgan fingerprint density at radius 3 is 1.83 bits per heavy atom. The van der Waals surface area contributed by atoms with E-state index in [4.69, 9.17) is 5.84 Å². The van der Waals surface area contributed by atoms with Crippen molar-refractivity contribution in [3.63, 3.8) is 0 Å². The highest BCUT2D eigenvalue weighted by Gasteiger charge is 2.09. The number of hydrogen-bond donors (Lipinski definition) is 2. The van der Waals surface area contributed by atoms with Crippen LogP contribution in [-0.4, -0.2) is 34.5 Å². The molecule has 0 fully saturated rings. The second-order valence-electron chi connectivity index (χ2n) is 3.30. The van der Waals surface area contributed by atoms with Crippen LogP contribution in [0.4, 0.5) is 5.95 Å². The SMILES string of the molecule is NNc1nc(-n2cccn2)nc(-n2cccn2)n1. The Kier molecular flexibility index (Phi) is 2.43. The van der Waals surface area contributed by atoms with E-state index in [2.05, 4.69) is 30.6 Å². The van der Waals surface area contributed by atoms with Crippen molar-refractivity contribution >= 4 is 5.95 Å². The Morgan fingerprint density at radius 2 is 1.44 bits per heavy atom. The minimum absolute atomic E-state index is 0.237. The maximum Gasteiger partial charge on any atom is 0.257 e. The maximum atomic E-state index is 5.33. The second-order valence-corrected chi connectivity index (χ2v) is 3.30. The van der Waals surface area contributed by atoms with Gasteiger partial charge < -0.3 is 0 Å². The fourth-order valence-corrected chi connectivity index (χ4v) is 1.40. The average Bonchev–Trinajstić information content (AvgIpc) is 3.10. The maximum absolute atomic E-state index is 5.33. The third kappa shape index (κ3) is 1.78. The number of hydrazine groups is 1. The number of rotatable bonds is 3. The summed E-state index contributed by atoms with van der Waals surface area (Å²) in [6.07, 6.45) is 6.71. The summed E-state index contributed by atoms with van der Waals surface area (Å²) in [7, 11) is 0. The lowest BCUT2D eigenvalue weighted by Gasteiger charge is -2.05. The van der Waals surface area contributed by atoms with Gasteiger partial charge in [-0.2, -0.15) is 25.1 Å². The molecular formula is C9H9N9. The first kappa shape index (κ1) is 10.4. The molecule has 3 N–H and O–H groups in total. The highest BCUT2D eigenvalue weighted by molar-refractivity contribution is 5.30. The van der Waals surface area contributed by atoms with E-state index in [1.54, 1.807) is 36.9 Å². The lowest BCUT2D eigenvalue weighted by molar-refractivity contribution is 0.745. The summed E-state index contributed by atoms with van der Waals surface area (Å²) in [5.74, 6) is 6.28. The molecule has 0 atom stereocenters. The highest BCUT2D eigenvalue weighted by Crippen LogP contribution is 2.07. The molecule has 0 aliphatic heterocycles. The summed E-state index contributed by atoms with van der Waals surface area (Å²) in [5, 5.41) is 8.10. The summed E-state index contributed by atoms with van der Waals surface area (Å²) >= 11 is 0. The van der Waals surface area contributed by atoms with E-state index in [0.29, 0.717) is 11.9 Å². The number of aromatic nitrogens is 7. The fourth-order valence-electron chi connectivity index (χ4n) is 1.40. The van der Waals surface area contributed by atoms with Crippen molar-refractivity contribution in [2.75, 3.05) is 5.43 Å². The van der Waals surface area contributed by atoms with Gasteiger partial charge >= 0.3 is 0 Å². The van der Waals surface area contributed by atoms with Gasteiger partial charge in [-0.1, -0.05) is 0 Å². The minimum atomic E-state index is 0.237. The summed E-state index contributed by atoms with van der Waals surface area (Å²) in [5.41, 5.74) is 2.39. The fraction of sp³-hybridized carbons (Fsp3) is 0. The van der Waals surface area contributed by atoms with Gasteiger partial charge in [-0.3, -0.25) is 5.43 Å². The van der Waals surface area contributed by atoms with E-state index in [9.17, 15) is 0 Å². The van der Waals surface area contributed by atoms with Gasteiger partial charge in [0, 0.05) is 24.8 Å². The summed E-state index contributed by atoms with van der Waals surface area (Å²) in [4.78, 5) is 12.5. The Morgan fingerprint density at radius 1 is 0.889 bits per heavy atom. The van der Waals surface area contributed by atoms with Crippen LogP contribution in [0.3, 0.4) is 0 Å². The summed E-state index contributed by atoms with van der Waals surface area (Å²) in [6, 6.07) is 3.54. The molecule has 9 heteroatoms. The number of anilines is 1. The molecule has 0 aliphatic carbocycles. The molecule has 18 heavy (non-hydrogen) atoms. The Hall–Kier alpha value is -2.81. The first-order valence-electron chi connectivity index (χ1n) is 5.09. The van der Waals surface area contributed by atoms with Crippen molar-refractivity contribution < 1.29 is 0 Å². The van der Waals surface area contributed by atoms with Gasteiger partial charge in [-0.25, -0.2) is 15.2 Å². The molecule has 3 rings (SSSR count). The van der Waals surface area contributed by atoms with Crippen LogP contribution in [-0.2, 0) is 0 Å². The third-order valence-corrected chi connectivity index (χ3v) is 2.16. The molecular weight excluding hydrogens is 234 g/mol. The summed E-state index contributed by atoms with van der Waals surface area (Å²) < 4.78 is 3.02. The van der Waals surface area contributed by atoms with Gasteiger partial charge in [0.1, 0.15) is 0 Å². The van der Waals surface area contributed by atoms with Gasteiger partial charge in [0.15, 0.2) is 0 Å². The van der Waals surface area contributed by atoms with Crippen molar-refractivity contribution in [1.82, 2.24) is 34.5 Å². The Bertz CT molecular complexity index is 576. The van der Waals surface area contributed by atoms with Crippen LogP contribution in [0, 0.1) is 0 Å². The molecule has 0 unspecified atom stereocenters. The molecule has 0 aliphatic rings. The van der Waals surface area contributed by atoms with Gasteiger partial charge in [0.25, 0.3) is 11.9 Å². The molecule has 0 bridgehead atoms. The molecule has 0 saturated heterocycles. The molecule has 0 spiro atoms. The number of nitrogens with zero attached hydrogens (tertiary/aromatic N) is 7. The topological polar surface area (TPSA) is 112 Å². The van der Waals surface area contributed by atoms with E-state index in [-0.39, 0.29) is 5.95 Å². The van der Waals surface area contributed by atoms with E-state index >= 15 is 0 Å². The Labute approximate surface area is 101 Å². The highest BCUT2D eigenvalue weighted by atomic mass is 15.4. The zero-order valence-corrected chi connectivity index (χ0v) is 9.17. The van der Waals surface area contributed by atoms with Crippen LogP contribution < -0.4 is 11.3 Å². The number of nitrogens with two attached hydrogens (primary N) is 1. The lowest BCUT2D eigenvalue weighted by atomic mass is 10.7. The summed E-state index contributed by atoms with van der Waals surface area (Å²) in [6.45, 7) is 0. The first-order valence-corrected chi connectivity index (χ1v) is 5.09. The van der Waals surface area contributed by atoms with Crippen molar-refractivity contribution in [3.8, 4) is 11.9 Å². The van der Waals surface area contributed by atoms with Crippen LogP contribution in [0.2, 0.25) is 0 Å². The van der Waals surface area contributed by atoms with Gasteiger partial charge in [-0.15, -0.1) is 0 Å². The largest absolute Gasteiger partial charge is 0.292 e. The van der Waals surface area contributed by atoms with Crippen molar-refractivity contribution in [1.29, 1.82) is 0 Å². The van der Waals surface area contributed by atoms with E-state index in [1.165, 1.54) is 9.36 Å². The number of nitrogen functional groups attached to an aromatic ring is 1. The van der Waals surface area contributed by atoms with E-state index in [0.717, 1.165) is 0 Å². The quantitative estimate of drug-likeness (QED) is 0.472. The van der Waals surface area contributed by atoms with E-state index in [1.807, 2.05) is 0 Å². The first-order chi connectivity index (χ1) is 8.86. The standard InChI is InChI=1S/C9H9N9/c10-16-7-13-8(17-5-1-3-11-17)15-9(14-7)18-6-2-4-12-18/h1-6H,10H2,(H,13,14,15,16).